The Morgan fingerprint density at radius 3 is 2.52 bits per heavy atom. The van der Waals surface area contributed by atoms with Crippen molar-refractivity contribution in [3.8, 4) is 0 Å². The molecule has 3 aromatic rings. The van der Waals surface area contributed by atoms with E-state index in [1.165, 1.54) is 0 Å². The predicted molar refractivity (Wildman–Crippen MR) is 91.1 cm³/mol. The summed E-state index contributed by atoms with van der Waals surface area (Å²) < 4.78 is 7.93. The predicted octanol–water partition coefficient (Wildman–Crippen LogP) is 2.00. The standard InChI is InChI=1S/C16H19N5O.CH2O2/c1-2-4-15-14(3-1)19-16(22-15)13-5-7-20(8-6-13)9-10-21-11-17-18-12-21;2-1-3/h1-4,11-13H,5-10H2;1H,(H,2,3). The largest absolute Gasteiger partial charge is 0.483 e. The lowest BCUT2D eigenvalue weighted by atomic mass is 9.97. The van der Waals surface area contributed by atoms with Gasteiger partial charge >= 0.3 is 0 Å². The molecule has 1 aliphatic heterocycles. The van der Waals surface area contributed by atoms with E-state index in [0.29, 0.717) is 5.92 Å². The van der Waals surface area contributed by atoms with Gasteiger partial charge < -0.3 is 19.0 Å². The summed E-state index contributed by atoms with van der Waals surface area (Å²) >= 11 is 0. The fourth-order valence-electron chi connectivity index (χ4n) is 3.06. The van der Waals surface area contributed by atoms with Crippen LogP contribution in [0.25, 0.3) is 11.1 Å². The van der Waals surface area contributed by atoms with Crippen molar-refractivity contribution in [2.24, 2.45) is 0 Å². The minimum Gasteiger partial charge on any atom is -0.483 e. The van der Waals surface area contributed by atoms with E-state index in [1.807, 2.05) is 28.8 Å². The van der Waals surface area contributed by atoms with Crippen molar-refractivity contribution in [2.45, 2.75) is 25.3 Å². The Hall–Kier alpha value is -2.74. The molecule has 0 saturated carbocycles. The van der Waals surface area contributed by atoms with Crippen molar-refractivity contribution in [3.05, 3.63) is 42.8 Å². The van der Waals surface area contributed by atoms with Gasteiger partial charge in [0, 0.05) is 19.0 Å². The normalized spacial score (nSPS) is 15.7. The van der Waals surface area contributed by atoms with Crippen LogP contribution in [0.1, 0.15) is 24.7 Å². The summed E-state index contributed by atoms with van der Waals surface area (Å²) in [5.74, 6) is 1.35. The summed E-state index contributed by atoms with van der Waals surface area (Å²) in [7, 11) is 0. The Labute approximate surface area is 145 Å². The van der Waals surface area contributed by atoms with E-state index in [9.17, 15) is 0 Å². The Balaban J connectivity index is 0.000000569. The zero-order valence-electron chi connectivity index (χ0n) is 13.9. The second-order valence-corrected chi connectivity index (χ2v) is 5.94. The van der Waals surface area contributed by atoms with Crippen LogP contribution >= 0.6 is 0 Å². The fraction of sp³-hybridized carbons (Fsp3) is 0.412. The molecule has 1 fully saturated rings. The number of benzene rings is 1. The van der Waals surface area contributed by atoms with Gasteiger partial charge in [-0.05, 0) is 38.1 Å². The molecule has 2 aromatic heterocycles. The molecule has 8 nitrogen and oxygen atoms in total. The SMILES string of the molecule is O=CO.c1ccc2oc(C3CCN(CCn4cnnc4)CC3)nc2c1. The van der Waals surface area contributed by atoms with Crippen molar-refractivity contribution < 1.29 is 14.3 Å². The van der Waals surface area contributed by atoms with Crippen LogP contribution in [-0.4, -0.2) is 55.9 Å². The second-order valence-electron chi connectivity index (χ2n) is 5.94. The molecular formula is C17H21N5O3. The third-order valence-electron chi connectivity index (χ3n) is 4.39. The fourth-order valence-corrected chi connectivity index (χ4v) is 3.06. The number of nitrogens with zero attached hydrogens (tertiary/aromatic N) is 5. The molecule has 0 aliphatic carbocycles. The summed E-state index contributed by atoms with van der Waals surface area (Å²) in [6, 6.07) is 7.99. The zero-order valence-corrected chi connectivity index (χ0v) is 13.9. The topological polar surface area (TPSA) is 97.3 Å². The van der Waals surface area contributed by atoms with Crippen LogP contribution in [0.3, 0.4) is 0 Å². The number of para-hydroxylation sites is 2. The number of likely N-dealkylation sites (tertiary alicyclic amines) is 1. The molecule has 8 heteroatoms. The van der Waals surface area contributed by atoms with Crippen LogP contribution in [-0.2, 0) is 11.3 Å². The molecule has 1 aliphatic rings. The lowest BCUT2D eigenvalue weighted by molar-refractivity contribution is -0.122. The molecule has 0 atom stereocenters. The van der Waals surface area contributed by atoms with Gasteiger partial charge in [-0.2, -0.15) is 0 Å². The van der Waals surface area contributed by atoms with Crippen LogP contribution in [0.4, 0.5) is 0 Å². The minimum absolute atomic E-state index is 0.250. The van der Waals surface area contributed by atoms with E-state index >= 15 is 0 Å². The molecule has 4 rings (SSSR count). The van der Waals surface area contributed by atoms with Gasteiger partial charge in [0.2, 0.25) is 0 Å². The van der Waals surface area contributed by atoms with E-state index in [1.54, 1.807) is 12.7 Å². The van der Waals surface area contributed by atoms with Gasteiger partial charge in [-0.1, -0.05) is 12.1 Å². The molecule has 0 amide bonds. The smallest absolute Gasteiger partial charge is 0.290 e. The zero-order chi connectivity index (χ0) is 17.5. The van der Waals surface area contributed by atoms with Crippen molar-refractivity contribution in [3.63, 3.8) is 0 Å². The highest BCUT2D eigenvalue weighted by Crippen LogP contribution is 2.29. The van der Waals surface area contributed by atoms with Gasteiger partial charge in [-0.25, -0.2) is 4.98 Å². The summed E-state index contributed by atoms with van der Waals surface area (Å²) in [6.07, 6.45) is 5.75. The molecular weight excluding hydrogens is 322 g/mol. The third-order valence-corrected chi connectivity index (χ3v) is 4.39. The van der Waals surface area contributed by atoms with Crippen molar-refractivity contribution in [2.75, 3.05) is 19.6 Å². The van der Waals surface area contributed by atoms with Gasteiger partial charge in [0.25, 0.3) is 6.47 Å². The van der Waals surface area contributed by atoms with E-state index in [-0.39, 0.29) is 6.47 Å². The molecule has 3 heterocycles. The van der Waals surface area contributed by atoms with Gasteiger partial charge in [0.1, 0.15) is 18.2 Å². The van der Waals surface area contributed by atoms with Crippen molar-refractivity contribution in [1.82, 2.24) is 24.6 Å². The maximum absolute atomic E-state index is 8.36. The number of oxazole rings is 1. The number of carbonyl (C=O) groups is 1. The van der Waals surface area contributed by atoms with E-state index in [0.717, 1.165) is 56.0 Å². The molecule has 1 aromatic carbocycles. The monoisotopic (exact) mass is 343 g/mol. The first-order chi connectivity index (χ1) is 12.3. The first kappa shape index (κ1) is 17.1. The summed E-state index contributed by atoms with van der Waals surface area (Å²) in [6.45, 7) is 3.91. The molecule has 0 radical (unpaired) electrons. The lowest BCUT2D eigenvalue weighted by Gasteiger charge is -2.30. The summed E-state index contributed by atoms with van der Waals surface area (Å²) in [5, 5.41) is 14.6. The van der Waals surface area contributed by atoms with Crippen LogP contribution in [0.15, 0.2) is 41.3 Å². The van der Waals surface area contributed by atoms with Crippen molar-refractivity contribution >= 4 is 17.6 Å². The Bertz CT molecular complexity index is 746. The second kappa shape index (κ2) is 8.39. The molecule has 25 heavy (non-hydrogen) atoms. The summed E-state index contributed by atoms with van der Waals surface area (Å²) in [4.78, 5) is 15.5. The number of hydrogen-bond donors (Lipinski definition) is 1. The molecule has 132 valence electrons. The van der Waals surface area contributed by atoms with Gasteiger partial charge in [0.05, 0.1) is 0 Å². The van der Waals surface area contributed by atoms with Gasteiger partial charge in [-0.15, -0.1) is 10.2 Å². The number of aromatic nitrogens is 4. The maximum atomic E-state index is 8.36. The first-order valence-electron chi connectivity index (χ1n) is 8.28. The number of carboxylic acid groups (broad SMARTS) is 1. The third kappa shape index (κ3) is 4.42. The van der Waals surface area contributed by atoms with Gasteiger partial charge in [-0.3, -0.25) is 4.79 Å². The lowest BCUT2D eigenvalue weighted by Crippen LogP contribution is -2.35. The quantitative estimate of drug-likeness (QED) is 0.724. The van der Waals surface area contributed by atoms with Crippen LogP contribution < -0.4 is 0 Å². The van der Waals surface area contributed by atoms with Crippen LogP contribution in [0.2, 0.25) is 0 Å². The van der Waals surface area contributed by atoms with Crippen LogP contribution in [0, 0.1) is 0 Å². The minimum atomic E-state index is -0.250. The molecule has 0 spiro atoms. The van der Waals surface area contributed by atoms with E-state index in [2.05, 4.69) is 20.1 Å². The van der Waals surface area contributed by atoms with Gasteiger partial charge in [0.15, 0.2) is 11.5 Å². The molecule has 0 bridgehead atoms. The first-order valence-corrected chi connectivity index (χ1v) is 8.28. The number of hydrogen-bond acceptors (Lipinski definition) is 6. The average molecular weight is 343 g/mol. The Kier molecular flexibility index (Phi) is 5.73. The number of fused-ring (bicyclic) bond motifs is 1. The average Bonchev–Trinajstić information content (AvgIpc) is 3.30. The number of rotatable bonds is 4. The molecule has 0 unspecified atom stereocenters. The highest BCUT2D eigenvalue weighted by Gasteiger charge is 2.24. The summed E-state index contributed by atoms with van der Waals surface area (Å²) in [5.41, 5.74) is 1.86. The van der Waals surface area contributed by atoms with E-state index < -0.39 is 0 Å². The van der Waals surface area contributed by atoms with E-state index in [4.69, 9.17) is 14.3 Å². The Morgan fingerprint density at radius 2 is 1.84 bits per heavy atom. The number of piperidine rings is 1. The maximum Gasteiger partial charge on any atom is 0.290 e. The highest BCUT2D eigenvalue weighted by molar-refractivity contribution is 5.72. The highest BCUT2D eigenvalue weighted by atomic mass is 16.4. The Morgan fingerprint density at radius 1 is 1.16 bits per heavy atom. The molecule has 1 saturated heterocycles. The van der Waals surface area contributed by atoms with Crippen LogP contribution in [0.5, 0.6) is 0 Å². The van der Waals surface area contributed by atoms with Crippen molar-refractivity contribution in [1.29, 1.82) is 0 Å². The molecule has 1 N–H and O–H groups in total.